The van der Waals surface area contributed by atoms with Crippen LogP contribution in [0.3, 0.4) is 0 Å². The number of aliphatic hydroxyl groups is 1. The molecule has 0 saturated heterocycles. The molecule has 106 valence electrons. The fourth-order valence-corrected chi connectivity index (χ4v) is 1.41. The highest BCUT2D eigenvalue weighted by Gasteiger charge is 2.15. The Bertz CT molecular complexity index is 413. The number of hydrogen-bond acceptors (Lipinski definition) is 4. The van der Waals surface area contributed by atoms with Crippen LogP contribution in [0.25, 0.3) is 0 Å². The summed E-state index contributed by atoms with van der Waals surface area (Å²) in [4.78, 5) is 11.7. The molecule has 6 heteroatoms. The first-order chi connectivity index (χ1) is 9.02. The minimum Gasteiger partial charge on any atom is -0.481 e. The molecule has 19 heavy (non-hydrogen) atoms. The molecule has 2 unspecified atom stereocenters. The van der Waals surface area contributed by atoms with Gasteiger partial charge in [-0.2, -0.15) is 0 Å². The van der Waals surface area contributed by atoms with Crippen molar-refractivity contribution in [3.8, 4) is 5.75 Å². The summed E-state index contributed by atoms with van der Waals surface area (Å²) in [7, 11) is 1.46. The fourth-order valence-electron chi connectivity index (χ4n) is 1.41. The molecule has 0 aliphatic heterocycles. The third kappa shape index (κ3) is 5.67. The van der Waals surface area contributed by atoms with E-state index in [1.807, 2.05) is 0 Å². The zero-order chi connectivity index (χ0) is 14.3. The van der Waals surface area contributed by atoms with Crippen LogP contribution in [0, 0.1) is 5.82 Å². The van der Waals surface area contributed by atoms with Crippen LogP contribution in [-0.4, -0.2) is 43.5 Å². The zero-order valence-electron chi connectivity index (χ0n) is 10.9. The summed E-state index contributed by atoms with van der Waals surface area (Å²) in [6, 6.07) is 5.55. The molecule has 0 spiro atoms. The van der Waals surface area contributed by atoms with Gasteiger partial charge in [0.05, 0.1) is 12.7 Å². The molecule has 0 radical (unpaired) electrons. The lowest BCUT2D eigenvalue weighted by atomic mass is 10.3. The monoisotopic (exact) mass is 271 g/mol. The quantitative estimate of drug-likeness (QED) is 0.766. The van der Waals surface area contributed by atoms with Crippen LogP contribution in [-0.2, 0) is 9.53 Å². The second kappa shape index (κ2) is 7.70. The summed E-state index contributed by atoms with van der Waals surface area (Å²) in [6.07, 6.45) is -1.55. The molecule has 0 heterocycles. The topological polar surface area (TPSA) is 67.8 Å². The molecule has 1 aromatic rings. The van der Waals surface area contributed by atoms with Crippen LogP contribution in [0.2, 0.25) is 0 Å². The first-order valence-corrected chi connectivity index (χ1v) is 5.90. The summed E-state index contributed by atoms with van der Waals surface area (Å²) in [5.74, 6) is -0.542. The van der Waals surface area contributed by atoms with Gasteiger partial charge in [-0.25, -0.2) is 4.39 Å². The number of methoxy groups -OCH3 is 1. The second-order valence-corrected chi connectivity index (χ2v) is 4.07. The fraction of sp³-hybridized carbons (Fsp3) is 0.462. The van der Waals surface area contributed by atoms with Gasteiger partial charge in [-0.05, 0) is 19.1 Å². The van der Waals surface area contributed by atoms with Crippen molar-refractivity contribution in [2.45, 2.75) is 19.1 Å². The van der Waals surface area contributed by atoms with Gasteiger partial charge < -0.3 is 19.9 Å². The Hall–Kier alpha value is -1.66. The predicted octanol–water partition coefficient (Wildman–Crippen LogP) is 0.716. The van der Waals surface area contributed by atoms with Crippen molar-refractivity contribution < 1.29 is 23.8 Å². The minimum atomic E-state index is -0.781. The Morgan fingerprint density at radius 2 is 2.26 bits per heavy atom. The molecule has 1 rings (SSSR count). The molecule has 1 amide bonds. The van der Waals surface area contributed by atoms with E-state index in [1.54, 1.807) is 13.0 Å². The van der Waals surface area contributed by atoms with Gasteiger partial charge in [0.2, 0.25) is 0 Å². The van der Waals surface area contributed by atoms with Crippen molar-refractivity contribution in [1.29, 1.82) is 0 Å². The number of rotatable bonds is 7. The van der Waals surface area contributed by atoms with E-state index >= 15 is 0 Å². The first-order valence-electron chi connectivity index (χ1n) is 5.90. The van der Waals surface area contributed by atoms with E-state index in [4.69, 9.17) is 9.47 Å². The number of aliphatic hydroxyl groups excluding tert-OH is 1. The highest BCUT2D eigenvalue weighted by Crippen LogP contribution is 2.13. The van der Waals surface area contributed by atoms with Crippen molar-refractivity contribution >= 4 is 5.91 Å². The number of benzene rings is 1. The maximum Gasteiger partial charge on any atom is 0.260 e. The van der Waals surface area contributed by atoms with Gasteiger partial charge in [0.25, 0.3) is 5.91 Å². The van der Waals surface area contributed by atoms with Crippen molar-refractivity contribution in [2.24, 2.45) is 0 Å². The largest absolute Gasteiger partial charge is 0.481 e. The highest BCUT2D eigenvalue weighted by molar-refractivity contribution is 5.80. The molecule has 0 saturated carbocycles. The van der Waals surface area contributed by atoms with E-state index in [2.05, 4.69) is 5.32 Å². The number of nitrogens with one attached hydrogen (secondary N) is 1. The second-order valence-electron chi connectivity index (χ2n) is 4.07. The van der Waals surface area contributed by atoms with Crippen LogP contribution >= 0.6 is 0 Å². The number of ether oxygens (including phenoxy) is 2. The van der Waals surface area contributed by atoms with Crippen LogP contribution in [0.1, 0.15) is 6.92 Å². The van der Waals surface area contributed by atoms with Crippen LogP contribution in [0.15, 0.2) is 24.3 Å². The zero-order valence-corrected chi connectivity index (χ0v) is 10.9. The normalized spacial score (nSPS) is 13.7. The molecule has 0 aromatic heterocycles. The molecule has 0 bridgehead atoms. The van der Waals surface area contributed by atoms with Crippen LogP contribution < -0.4 is 10.1 Å². The Morgan fingerprint density at radius 3 is 2.89 bits per heavy atom. The Balaban J connectivity index is 2.40. The standard InChI is InChI=1S/C13H18FNO4/c1-9(13(17)15-7-11(16)8-18-2)19-12-5-3-4-10(14)6-12/h3-6,9,11,16H,7-8H2,1-2H3,(H,15,17). The number of carbonyl (C=O) groups excluding carboxylic acids is 1. The predicted molar refractivity (Wildman–Crippen MR) is 67.4 cm³/mol. The molecule has 5 nitrogen and oxygen atoms in total. The van der Waals surface area contributed by atoms with Gasteiger partial charge in [-0.1, -0.05) is 6.07 Å². The van der Waals surface area contributed by atoms with E-state index in [1.165, 1.54) is 25.3 Å². The maximum absolute atomic E-state index is 12.9. The van der Waals surface area contributed by atoms with E-state index in [0.717, 1.165) is 0 Å². The minimum absolute atomic E-state index is 0.0729. The molecule has 0 aliphatic rings. The molecule has 2 N–H and O–H groups in total. The number of amides is 1. The summed E-state index contributed by atoms with van der Waals surface area (Å²) in [5, 5.41) is 11.9. The maximum atomic E-state index is 12.9. The van der Waals surface area contributed by atoms with Gasteiger partial charge >= 0.3 is 0 Å². The molecule has 0 fully saturated rings. The van der Waals surface area contributed by atoms with Crippen molar-refractivity contribution in [3.05, 3.63) is 30.1 Å². The molecular formula is C13H18FNO4. The lowest BCUT2D eigenvalue weighted by molar-refractivity contribution is -0.127. The number of carbonyl (C=O) groups is 1. The van der Waals surface area contributed by atoms with Gasteiger partial charge in [0.15, 0.2) is 6.10 Å². The summed E-state index contributed by atoms with van der Waals surface area (Å²) >= 11 is 0. The van der Waals surface area contributed by atoms with Gasteiger partial charge in [0, 0.05) is 19.7 Å². The molecule has 0 aliphatic carbocycles. The smallest absolute Gasteiger partial charge is 0.260 e. The Kier molecular flexibility index (Phi) is 6.24. The van der Waals surface area contributed by atoms with E-state index < -0.39 is 18.0 Å². The Morgan fingerprint density at radius 1 is 1.53 bits per heavy atom. The average molecular weight is 271 g/mol. The van der Waals surface area contributed by atoms with Gasteiger partial charge in [-0.15, -0.1) is 0 Å². The van der Waals surface area contributed by atoms with Crippen molar-refractivity contribution in [3.63, 3.8) is 0 Å². The summed E-state index contributed by atoms with van der Waals surface area (Å²) in [5.41, 5.74) is 0. The third-order valence-corrected chi connectivity index (χ3v) is 2.35. The first kappa shape index (κ1) is 15.4. The molecular weight excluding hydrogens is 253 g/mol. The van der Waals surface area contributed by atoms with Crippen LogP contribution in [0.5, 0.6) is 5.75 Å². The molecule has 2 atom stereocenters. The van der Waals surface area contributed by atoms with Crippen molar-refractivity contribution in [2.75, 3.05) is 20.3 Å². The third-order valence-electron chi connectivity index (χ3n) is 2.35. The van der Waals surface area contributed by atoms with E-state index in [0.29, 0.717) is 0 Å². The number of halogens is 1. The van der Waals surface area contributed by atoms with Gasteiger partial charge in [-0.3, -0.25) is 4.79 Å². The summed E-state index contributed by atoms with van der Waals surface area (Å²) in [6.45, 7) is 1.76. The average Bonchev–Trinajstić information content (AvgIpc) is 2.36. The number of hydrogen-bond donors (Lipinski definition) is 2. The van der Waals surface area contributed by atoms with E-state index in [-0.39, 0.29) is 24.8 Å². The van der Waals surface area contributed by atoms with Gasteiger partial charge in [0.1, 0.15) is 11.6 Å². The van der Waals surface area contributed by atoms with Crippen LogP contribution in [0.4, 0.5) is 4.39 Å². The lowest BCUT2D eigenvalue weighted by Crippen LogP contribution is -2.41. The van der Waals surface area contributed by atoms with Crippen molar-refractivity contribution in [1.82, 2.24) is 5.32 Å². The SMILES string of the molecule is COCC(O)CNC(=O)C(C)Oc1cccc(F)c1. The Labute approximate surface area is 111 Å². The highest BCUT2D eigenvalue weighted by atomic mass is 19.1. The van der Waals surface area contributed by atoms with E-state index in [9.17, 15) is 14.3 Å². The lowest BCUT2D eigenvalue weighted by Gasteiger charge is -2.16. The molecule has 1 aromatic carbocycles. The summed E-state index contributed by atoms with van der Waals surface area (Å²) < 4.78 is 22.9.